The second kappa shape index (κ2) is 46.3. The van der Waals surface area contributed by atoms with E-state index in [0.717, 1.165) is 82.4 Å². The highest BCUT2D eigenvalue weighted by Crippen LogP contribution is 2.42. The number of carbonyl (C=O) groups excluding carboxylic acids is 6. The molecule has 0 aliphatic carbocycles. The van der Waals surface area contributed by atoms with Crippen molar-refractivity contribution in [1.82, 2.24) is 94.9 Å². The fraction of sp³-hybridized carbons (Fsp3) is 0.297. The second-order valence-corrected chi connectivity index (χ2v) is 39.8. The van der Waals surface area contributed by atoms with E-state index in [1.54, 1.807) is 138 Å². The lowest BCUT2D eigenvalue weighted by Crippen LogP contribution is -2.48. The summed E-state index contributed by atoms with van der Waals surface area (Å²) in [6.07, 6.45) is 23.5. The van der Waals surface area contributed by atoms with Crippen LogP contribution in [0.15, 0.2) is 231 Å². The molecule has 21 rings (SSSR count). The van der Waals surface area contributed by atoms with Crippen LogP contribution < -0.4 is 16.0 Å². The van der Waals surface area contributed by atoms with Gasteiger partial charge in [-0.15, -0.1) is 23.1 Å². The van der Waals surface area contributed by atoms with Crippen molar-refractivity contribution in [3.8, 4) is 67.2 Å². The van der Waals surface area contributed by atoms with Gasteiger partial charge in [0.05, 0.1) is 78.0 Å². The number of ether oxygens (including phenoxy) is 5. The van der Waals surface area contributed by atoms with E-state index in [0.29, 0.717) is 183 Å². The summed E-state index contributed by atoms with van der Waals surface area (Å²) >= 11 is 3.07. The molecule has 33 nitrogen and oxygen atoms in total. The van der Waals surface area contributed by atoms with Crippen molar-refractivity contribution >= 4 is 125 Å². The summed E-state index contributed by atoms with van der Waals surface area (Å²) in [5.41, 5.74) is 13.6. The predicted octanol–water partition coefficient (Wildman–Crippen LogP) is 16.3. The van der Waals surface area contributed by atoms with Gasteiger partial charge in [-0.05, 0) is 201 Å². The molecule has 6 amide bonds. The molecule has 8 aromatic carbocycles. The molecule has 15 aromatic rings. The molecule has 39 heteroatoms. The van der Waals surface area contributed by atoms with Crippen LogP contribution in [0.3, 0.4) is 0 Å². The summed E-state index contributed by atoms with van der Waals surface area (Å²) in [4.78, 5) is 124. The SMILES string of the molecule is COCc1cc(-c2n[nH]c3ccc(NC(=O)[C@]4(OC)CCN(CC(=O)N5CC=C(c6ccc(-c7ncccn7)cc6F)CC5)C4)cc23)ccc1F.COCc1cc(-c2n[nH]c3ccc(NC(=O)[C@]4(OC)CCN(CC(=O)N5CC=C(c6ncc(-c7ncccn7)s6)CC5)C4)cc23)ccc1F.COCc1cc(-c2n[nH]c3ccc(NC(=O)[C@]4(SC)CCN(CC(=O)N5CC=C(c6ccc(-c7ncccn7)cc6)CC5)C4)cc23)ccc1F. The van der Waals surface area contributed by atoms with E-state index in [-0.39, 0.29) is 111 Å². The molecule has 3 fully saturated rings. The number of amides is 6. The van der Waals surface area contributed by atoms with Crippen LogP contribution in [0, 0.1) is 23.3 Å². The van der Waals surface area contributed by atoms with E-state index in [1.807, 2.05) is 86.5 Å². The van der Waals surface area contributed by atoms with E-state index in [1.165, 1.54) is 77.1 Å². The second-order valence-electron chi connectivity index (χ2n) is 37.5. The lowest BCUT2D eigenvalue weighted by molar-refractivity contribution is -0.138. The van der Waals surface area contributed by atoms with Crippen molar-refractivity contribution in [2.45, 2.75) is 74.3 Å². The van der Waals surface area contributed by atoms with E-state index in [4.69, 9.17) is 23.7 Å². The molecule has 0 unspecified atom stereocenters. The number of thioether (sulfide) groups is 1. The minimum absolute atomic E-state index is 0.00696. The number of thiazole rings is 1. The first-order valence-corrected chi connectivity index (χ1v) is 51.2. The van der Waals surface area contributed by atoms with Gasteiger partial charge < -0.3 is 54.3 Å². The highest BCUT2D eigenvalue weighted by Gasteiger charge is 2.49. The lowest BCUT2D eigenvalue weighted by atomic mass is 9.97. The Morgan fingerprint density at radius 3 is 1.18 bits per heavy atom. The summed E-state index contributed by atoms with van der Waals surface area (Å²) in [6.45, 7) is 6.88. The molecule has 770 valence electrons. The number of rotatable bonds is 30. The third-order valence-electron chi connectivity index (χ3n) is 28.2. The Bertz CT molecular complexity index is 7610. The van der Waals surface area contributed by atoms with Gasteiger partial charge >= 0.3 is 0 Å². The van der Waals surface area contributed by atoms with E-state index in [9.17, 15) is 41.9 Å². The van der Waals surface area contributed by atoms with Crippen molar-refractivity contribution in [3.05, 3.63) is 288 Å². The maximum Gasteiger partial charge on any atom is 0.258 e. The first-order chi connectivity index (χ1) is 73.0. The van der Waals surface area contributed by atoms with Crippen LogP contribution in [0.4, 0.5) is 34.6 Å². The van der Waals surface area contributed by atoms with Gasteiger partial charge in [0, 0.05) is 241 Å². The maximum atomic E-state index is 15.1. The topological polar surface area (TPSA) is 380 Å². The standard InChI is InChI=1S/C38H37F2N7O4.C38H38FN7O3S.C35H35FN8O4S/c1-50-22-27-18-25(5-8-31(27)39)35-30-20-28(6-9-33(30)44-45-35)43-37(49)38(51-2)12-17-46(23-38)21-34(48)47-15-10-24(11-16-47)29-7-4-26(19-32(29)40)36-41-13-3-14-42-36;1-49-23-29-20-28(8-10-32(29)39)35-31-21-30(9-11-33(31)43-44-35)42-37(48)38(50-2)14-19-45(24-38)22-34(47)46-17-12-26(13-18-46)25-4-6-27(7-5-25)36-40-15-3-16-41-36;1-47-20-24-16-23(4-6-27(24)36)31-26-17-25(5-7-28(26)41-42-31)40-34(46)35(48-2)10-15-43(21-35)19-30(45)44-13-8-22(9-14-44)33-39-18-29(49-33)32-37-11-3-12-38-32/h3-10,13-14,18-20H,11-12,15-17,21-23H2,1-2H3,(H,43,49)(H,44,45);3-12,15-16,20-21H,13-14,17-19,22-24H2,1-2H3,(H,42,48)(H,43,44);3-8,11-12,16-18H,9-10,13-15,19-21H2,1-2H3,(H,40,46)(H,41,42)/t2*38-;35-/m000/s1. The molecule has 7 aromatic heterocycles. The fourth-order valence-electron chi connectivity index (χ4n) is 19.8. The maximum absolute atomic E-state index is 15.1. The Hall–Kier alpha value is -15.2. The van der Waals surface area contributed by atoms with Gasteiger partial charge in [-0.1, -0.05) is 54.6 Å². The van der Waals surface area contributed by atoms with Gasteiger partial charge in [0.1, 0.15) is 33.0 Å². The summed E-state index contributed by atoms with van der Waals surface area (Å²) in [5, 5.41) is 34.8. The molecule has 13 heterocycles. The first-order valence-electron chi connectivity index (χ1n) is 49.1. The predicted molar refractivity (Wildman–Crippen MR) is 567 cm³/mol. The number of likely N-dealkylation sites (tertiary alicyclic amines) is 3. The molecule has 6 aliphatic rings. The van der Waals surface area contributed by atoms with Crippen LogP contribution in [0.5, 0.6) is 0 Å². The van der Waals surface area contributed by atoms with Crippen LogP contribution >= 0.6 is 23.1 Å². The Labute approximate surface area is 869 Å². The average Bonchev–Trinajstić information content (AvgIpc) is 1.67. The van der Waals surface area contributed by atoms with E-state index >= 15 is 4.39 Å². The number of carbonyl (C=O) groups is 6. The summed E-state index contributed by atoms with van der Waals surface area (Å²) in [7, 11) is 7.59. The molecular formula is C111H110F4N22O11S2. The third-order valence-corrected chi connectivity index (χ3v) is 30.6. The molecule has 3 saturated heterocycles. The zero-order valence-electron chi connectivity index (χ0n) is 83.4. The number of anilines is 3. The molecule has 0 saturated carbocycles. The molecule has 6 N–H and O–H groups in total. The van der Waals surface area contributed by atoms with Crippen LogP contribution in [-0.4, -0.2) is 286 Å². The minimum atomic E-state index is -1.15. The highest BCUT2D eigenvalue weighted by atomic mass is 32.2. The minimum Gasteiger partial charge on any atom is -0.380 e. The quantitative estimate of drug-likeness (QED) is 0.0228. The number of benzene rings is 8. The van der Waals surface area contributed by atoms with Crippen LogP contribution in [0.1, 0.15) is 71.3 Å². The molecule has 6 aliphatic heterocycles. The fourth-order valence-corrected chi connectivity index (χ4v) is 21.6. The van der Waals surface area contributed by atoms with E-state index in [2.05, 4.69) is 111 Å². The number of halogens is 4. The van der Waals surface area contributed by atoms with Crippen LogP contribution in [0.25, 0.3) is 117 Å². The monoisotopic (exact) mass is 2070 g/mol. The zero-order valence-corrected chi connectivity index (χ0v) is 85.0. The number of hydrogen-bond acceptors (Lipinski definition) is 26. The average molecular weight is 2070 g/mol. The van der Waals surface area contributed by atoms with Crippen molar-refractivity contribution in [2.75, 3.05) is 156 Å². The Morgan fingerprint density at radius 2 is 0.773 bits per heavy atom. The number of nitrogens with one attached hydrogen (secondary N) is 6. The first kappa shape index (κ1) is 103. The number of hydrogen-bond donors (Lipinski definition) is 6. The number of aromatic amines is 3. The normalized spacial score (nSPS) is 18.0. The molecule has 3 atom stereocenters. The van der Waals surface area contributed by atoms with Crippen molar-refractivity contribution in [1.29, 1.82) is 0 Å². The summed E-state index contributed by atoms with van der Waals surface area (Å²) in [6, 6.07) is 49.4. The zero-order chi connectivity index (χ0) is 104. The van der Waals surface area contributed by atoms with Crippen LogP contribution in [-0.2, 0) is 72.3 Å². The number of methoxy groups -OCH3 is 5. The Kier molecular flexibility index (Phi) is 31.9. The van der Waals surface area contributed by atoms with E-state index < -0.39 is 15.9 Å². The number of aromatic nitrogens is 13. The number of fused-ring (bicyclic) bond motifs is 3. The number of H-pyrrole nitrogens is 3. The van der Waals surface area contributed by atoms with Gasteiger partial charge in [-0.25, -0.2) is 52.4 Å². The van der Waals surface area contributed by atoms with Gasteiger partial charge in [0.25, 0.3) is 11.8 Å². The van der Waals surface area contributed by atoms with Crippen LogP contribution in [0.2, 0.25) is 0 Å². The summed E-state index contributed by atoms with van der Waals surface area (Å²) < 4.78 is 84.2. The highest BCUT2D eigenvalue weighted by molar-refractivity contribution is 8.00. The molecule has 0 bridgehead atoms. The Morgan fingerprint density at radius 1 is 0.393 bits per heavy atom. The summed E-state index contributed by atoms with van der Waals surface area (Å²) in [5.74, 6) is -0.274. The van der Waals surface area contributed by atoms with Crippen molar-refractivity contribution in [2.24, 2.45) is 0 Å². The van der Waals surface area contributed by atoms with Crippen molar-refractivity contribution < 1.29 is 70.0 Å². The lowest BCUT2D eigenvalue weighted by Gasteiger charge is -2.30. The number of nitrogens with zero attached hydrogens (tertiary/aromatic N) is 16. The molecule has 0 spiro atoms. The smallest absolute Gasteiger partial charge is 0.258 e. The largest absolute Gasteiger partial charge is 0.380 e. The van der Waals surface area contributed by atoms with Gasteiger partial charge in [0.2, 0.25) is 23.6 Å². The molecule has 0 radical (unpaired) electrons. The molecule has 150 heavy (non-hydrogen) atoms. The molecular weight excluding hydrogens is 1960 g/mol. The van der Waals surface area contributed by atoms with Gasteiger partial charge in [0.15, 0.2) is 28.7 Å². The van der Waals surface area contributed by atoms with Gasteiger partial charge in [-0.3, -0.25) is 58.8 Å². The Balaban J connectivity index is 0.000000141. The van der Waals surface area contributed by atoms with Crippen molar-refractivity contribution in [3.63, 3.8) is 0 Å². The van der Waals surface area contributed by atoms with Gasteiger partial charge in [-0.2, -0.15) is 15.3 Å². The third kappa shape index (κ3) is 23.0.